The Morgan fingerprint density at radius 2 is 2.04 bits per heavy atom. The molecule has 0 saturated carbocycles. The number of aliphatic imine (C=N–C) groups is 1. The van der Waals surface area contributed by atoms with Crippen molar-refractivity contribution < 1.29 is 9.47 Å². The zero-order valence-corrected chi connectivity index (χ0v) is 20.1. The van der Waals surface area contributed by atoms with E-state index in [-0.39, 0.29) is 24.0 Å². The zero-order chi connectivity index (χ0) is 19.5. The van der Waals surface area contributed by atoms with Gasteiger partial charge in [0.1, 0.15) is 0 Å². The Labute approximate surface area is 187 Å². The maximum Gasteiger partial charge on any atom is 0.193 e. The largest absolute Gasteiger partial charge is 0.382 e. The Balaban J connectivity index is 0.00000392. The fourth-order valence-electron chi connectivity index (χ4n) is 3.42. The molecule has 1 aliphatic heterocycles. The smallest absolute Gasteiger partial charge is 0.193 e. The number of ether oxygens (including phenoxy) is 2. The number of hydrogen-bond acceptors (Lipinski definition) is 4. The summed E-state index contributed by atoms with van der Waals surface area (Å²) in [5, 5.41) is 3.58. The van der Waals surface area contributed by atoms with E-state index < -0.39 is 0 Å². The van der Waals surface area contributed by atoms with Gasteiger partial charge < -0.3 is 24.6 Å². The van der Waals surface area contributed by atoms with Crippen LogP contribution in [0.25, 0.3) is 0 Å². The third-order valence-corrected chi connectivity index (χ3v) is 5.12. The third kappa shape index (κ3) is 8.63. The molecule has 1 aromatic carbocycles. The molecule has 0 aliphatic carbocycles. The van der Waals surface area contributed by atoms with Gasteiger partial charge in [-0.25, -0.2) is 0 Å². The molecule has 2 rings (SSSR count). The minimum absolute atomic E-state index is 0. The molecule has 2 atom stereocenters. The van der Waals surface area contributed by atoms with Gasteiger partial charge in [-0.05, 0) is 32.5 Å². The van der Waals surface area contributed by atoms with Crippen molar-refractivity contribution in [1.29, 1.82) is 0 Å². The number of nitrogens with one attached hydrogen (secondary N) is 1. The summed E-state index contributed by atoms with van der Waals surface area (Å²) in [6.45, 7) is 5.03. The van der Waals surface area contributed by atoms with Crippen molar-refractivity contribution in [3.63, 3.8) is 0 Å². The Kier molecular flexibility index (Phi) is 12.7. The van der Waals surface area contributed by atoms with Crippen LogP contribution < -0.4 is 5.32 Å². The average molecular weight is 504 g/mol. The molecule has 28 heavy (non-hydrogen) atoms. The first-order valence-corrected chi connectivity index (χ1v) is 9.86. The molecule has 6 nitrogen and oxygen atoms in total. The van der Waals surface area contributed by atoms with E-state index in [1.807, 2.05) is 7.05 Å². The van der Waals surface area contributed by atoms with Gasteiger partial charge in [-0.15, -0.1) is 24.0 Å². The number of halogens is 1. The minimum Gasteiger partial charge on any atom is -0.382 e. The van der Waals surface area contributed by atoms with Gasteiger partial charge >= 0.3 is 0 Å². The van der Waals surface area contributed by atoms with Crippen LogP contribution in [0.15, 0.2) is 35.3 Å². The SMILES string of the molecule is CN=C(NCC(Cc1ccccc1)N(C)C)N1CCC(COCCOC)C1.I. The molecular formula is C21H37IN4O2. The predicted octanol–water partition coefficient (Wildman–Crippen LogP) is 2.34. The minimum atomic E-state index is 0. The quantitative estimate of drug-likeness (QED) is 0.230. The molecule has 160 valence electrons. The van der Waals surface area contributed by atoms with E-state index in [0.717, 1.165) is 45.0 Å². The second kappa shape index (κ2) is 14.1. The lowest BCUT2D eigenvalue weighted by molar-refractivity contribution is 0.0536. The van der Waals surface area contributed by atoms with Gasteiger partial charge in [0.05, 0.1) is 19.8 Å². The lowest BCUT2D eigenvalue weighted by Gasteiger charge is -2.28. The molecule has 0 amide bonds. The highest BCUT2D eigenvalue weighted by molar-refractivity contribution is 14.0. The van der Waals surface area contributed by atoms with E-state index in [1.54, 1.807) is 7.11 Å². The molecule has 1 saturated heterocycles. The van der Waals surface area contributed by atoms with Gasteiger partial charge in [-0.2, -0.15) is 0 Å². The molecule has 7 heteroatoms. The molecule has 0 radical (unpaired) electrons. The van der Waals surface area contributed by atoms with E-state index in [1.165, 1.54) is 5.56 Å². The van der Waals surface area contributed by atoms with Crippen molar-refractivity contribution in [3.05, 3.63) is 35.9 Å². The summed E-state index contributed by atoms with van der Waals surface area (Å²) in [6, 6.07) is 11.1. The Hall–Kier alpha value is -0.900. The van der Waals surface area contributed by atoms with Crippen LogP contribution in [0.3, 0.4) is 0 Å². The van der Waals surface area contributed by atoms with Gasteiger partial charge in [0.2, 0.25) is 0 Å². The van der Waals surface area contributed by atoms with Crippen LogP contribution in [0.1, 0.15) is 12.0 Å². The first-order chi connectivity index (χ1) is 13.1. The number of guanidine groups is 1. The molecule has 2 unspecified atom stereocenters. The van der Waals surface area contributed by atoms with E-state index in [2.05, 4.69) is 64.5 Å². The van der Waals surface area contributed by atoms with Gasteiger partial charge in [0.15, 0.2) is 5.96 Å². The zero-order valence-electron chi connectivity index (χ0n) is 17.8. The maximum absolute atomic E-state index is 5.70. The van der Waals surface area contributed by atoms with Crippen molar-refractivity contribution in [2.45, 2.75) is 18.9 Å². The van der Waals surface area contributed by atoms with E-state index in [9.17, 15) is 0 Å². The monoisotopic (exact) mass is 504 g/mol. The number of methoxy groups -OCH3 is 1. The summed E-state index contributed by atoms with van der Waals surface area (Å²) in [5.41, 5.74) is 1.36. The Morgan fingerprint density at radius 3 is 2.68 bits per heavy atom. The van der Waals surface area contributed by atoms with Gasteiger partial charge in [-0.1, -0.05) is 30.3 Å². The average Bonchev–Trinajstić information content (AvgIpc) is 3.14. The molecule has 0 aromatic heterocycles. The second-order valence-electron chi connectivity index (χ2n) is 7.40. The van der Waals surface area contributed by atoms with Crippen LogP contribution in [-0.2, 0) is 15.9 Å². The standard InChI is InChI=1S/C21H36N4O2.HI/c1-22-21(25-11-10-19(16-25)17-27-13-12-26-4)23-15-20(24(2)3)14-18-8-6-5-7-9-18;/h5-9,19-20H,10-17H2,1-4H3,(H,22,23);1H. The van der Waals surface area contributed by atoms with Gasteiger partial charge in [0, 0.05) is 45.8 Å². The van der Waals surface area contributed by atoms with Crippen molar-refractivity contribution in [2.75, 3.05) is 67.7 Å². The first-order valence-electron chi connectivity index (χ1n) is 9.86. The van der Waals surface area contributed by atoms with Gasteiger partial charge in [0.25, 0.3) is 0 Å². The van der Waals surface area contributed by atoms with Crippen molar-refractivity contribution in [3.8, 4) is 0 Å². The number of hydrogen-bond donors (Lipinski definition) is 1. The fraction of sp³-hybridized carbons (Fsp3) is 0.667. The number of likely N-dealkylation sites (tertiary alicyclic amines) is 1. The lowest BCUT2D eigenvalue weighted by atomic mass is 10.1. The molecule has 1 heterocycles. The highest BCUT2D eigenvalue weighted by Crippen LogP contribution is 2.16. The highest BCUT2D eigenvalue weighted by atomic mass is 127. The molecular weight excluding hydrogens is 467 g/mol. The Bertz CT molecular complexity index is 557. The summed E-state index contributed by atoms with van der Waals surface area (Å²) < 4.78 is 10.7. The summed E-state index contributed by atoms with van der Waals surface area (Å²) in [6.07, 6.45) is 2.17. The van der Waals surface area contributed by atoms with E-state index in [0.29, 0.717) is 25.2 Å². The summed E-state index contributed by atoms with van der Waals surface area (Å²) >= 11 is 0. The fourth-order valence-corrected chi connectivity index (χ4v) is 3.42. The van der Waals surface area contributed by atoms with Crippen LogP contribution in [0.4, 0.5) is 0 Å². The number of benzene rings is 1. The normalized spacial score (nSPS) is 18.2. The Morgan fingerprint density at radius 1 is 1.29 bits per heavy atom. The summed E-state index contributed by atoms with van der Waals surface area (Å²) in [5.74, 6) is 1.56. The number of nitrogens with zero attached hydrogens (tertiary/aromatic N) is 3. The number of likely N-dealkylation sites (N-methyl/N-ethyl adjacent to an activating group) is 1. The van der Waals surface area contributed by atoms with Crippen molar-refractivity contribution in [2.24, 2.45) is 10.9 Å². The summed E-state index contributed by atoms with van der Waals surface area (Å²) in [4.78, 5) is 9.13. The molecule has 0 spiro atoms. The van der Waals surface area contributed by atoms with Crippen molar-refractivity contribution in [1.82, 2.24) is 15.1 Å². The van der Waals surface area contributed by atoms with E-state index in [4.69, 9.17) is 9.47 Å². The van der Waals surface area contributed by atoms with Crippen molar-refractivity contribution >= 4 is 29.9 Å². The lowest BCUT2D eigenvalue weighted by Crippen LogP contribution is -2.47. The molecule has 1 aliphatic rings. The number of rotatable bonds is 10. The van der Waals surface area contributed by atoms with Crippen LogP contribution >= 0.6 is 24.0 Å². The van der Waals surface area contributed by atoms with Crippen LogP contribution in [0, 0.1) is 5.92 Å². The molecule has 0 bridgehead atoms. The van der Waals surface area contributed by atoms with Crippen LogP contribution in [-0.4, -0.2) is 89.5 Å². The molecule has 1 aromatic rings. The first kappa shape index (κ1) is 25.1. The maximum atomic E-state index is 5.70. The van der Waals surface area contributed by atoms with Crippen LogP contribution in [0.5, 0.6) is 0 Å². The van der Waals surface area contributed by atoms with E-state index >= 15 is 0 Å². The predicted molar refractivity (Wildman–Crippen MR) is 127 cm³/mol. The third-order valence-electron chi connectivity index (χ3n) is 5.12. The topological polar surface area (TPSA) is 49.3 Å². The van der Waals surface area contributed by atoms with Crippen LogP contribution in [0.2, 0.25) is 0 Å². The second-order valence-corrected chi connectivity index (χ2v) is 7.40. The molecule has 1 N–H and O–H groups in total. The summed E-state index contributed by atoms with van der Waals surface area (Å²) in [7, 11) is 7.85. The molecule has 1 fully saturated rings. The highest BCUT2D eigenvalue weighted by Gasteiger charge is 2.25. The van der Waals surface area contributed by atoms with Gasteiger partial charge in [-0.3, -0.25) is 4.99 Å².